The normalized spacial score (nSPS) is 35.5. The minimum absolute atomic E-state index is 0.368. The molecule has 0 radical (unpaired) electrons. The van der Waals surface area contributed by atoms with Crippen molar-refractivity contribution in [2.75, 3.05) is 5.75 Å². The molecule has 1 N–H and O–H groups in total. The number of hydrogen-bond donors (Lipinski definition) is 1. The van der Waals surface area contributed by atoms with E-state index < -0.39 is 0 Å². The third-order valence-electron chi connectivity index (χ3n) is 4.43. The van der Waals surface area contributed by atoms with E-state index in [0.717, 1.165) is 0 Å². The third-order valence-corrected chi connectivity index (χ3v) is 5.50. The number of rotatable bonds is 2. The quantitative estimate of drug-likeness (QED) is 0.783. The van der Waals surface area contributed by atoms with Gasteiger partial charge in [0.05, 0.1) is 6.04 Å². The molecule has 0 amide bonds. The largest absolute Gasteiger partial charge is 0.361 e. The minimum atomic E-state index is 0.368. The molecule has 0 aromatic carbocycles. The van der Waals surface area contributed by atoms with Gasteiger partial charge in [-0.3, -0.25) is 4.99 Å². The highest BCUT2D eigenvalue weighted by molar-refractivity contribution is 8.14. The van der Waals surface area contributed by atoms with Gasteiger partial charge in [-0.05, 0) is 17.3 Å². The third kappa shape index (κ3) is 1.69. The van der Waals surface area contributed by atoms with Crippen LogP contribution < -0.4 is 5.32 Å². The lowest BCUT2D eigenvalue weighted by molar-refractivity contribution is 0.457. The van der Waals surface area contributed by atoms with E-state index in [9.17, 15) is 0 Å². The lowest BCUT2D eigenvalue weighted by Gasteiger charge is -2.05. The van der Waals surface area contributed by atoms with E-state index in [1.807, 2.05) is 11.8 Å². The molecular formula is C12H22N2S. The number of nitrogens with zero attached hydrogens (tertiary/aromatic N) is 1. The first kappa shape index (κ1) is 11.3. The highest BCUT2D eigenvalue weighted by Gasteiger charge is 2.65. The molecule has 1 saturated carbocycles. The van der Waals surface area contributed by atoms with Gasteiger partial charge >= 0.3 is 0 Å². The molecule has 1 atom stereocenters. The van der Waals surface area contributed by atoms with Crippen LogP contribution in [0.1, 0.15) is 41.0 Å². The predicted octanol–water partition coefficient (Wildman–Crippen LogP) is 2.89. The second-order valence-electron chi connectivity index (χ2n) is 5.84. The lowest BCUT2D eigenvalue weighted by Crippen LogP contribution is -2.26. The monoisotopic (exact) mass is 226 g/mol. The van der Waals surface area contributed by atoms with E-state index in [2.05, 4.69) is 39.9 Å². The zero-order valence-electron chi connectivity index (χ0n) is 10.4. The zero-order valence-corrected chi connectivity index (χ0v) is 11.2. The van der Waals surface area contributed by atoms with Crippen LogP contribution in [-0.2, 0) is 0 Å². The van der Waals surface area contributed by atoms with Crippen LogP contribution in [0.4, 0.5) is 0 Å². The van der Waals surface area contributed by atoms with Gasteiger partial charge in [0, 0.05) is 11.8 Å². The van der Waals surface area contributed by atoms with Crippen molar-refractivity contribution >= 4 is 16.9 Å². The molecule has 1 saturated heterocycles. The molecule has 3 heteroatoms. The maximum absolute atomic E-state index is 4.86. The van der Waals surface area contributed by atoms with Gasteiger partial charge in [0.15, 0.2) is 5.17 Å². The number of hydrogen-bond acceptors (Lipinski definition) is 2. The second kappa shape index (κ2) is 3.41. The highest BCUT2D eigenvalue weighted by Crippen LogP contribution is 2.64. The van der Waals surface area contributed by atoms with Crippen LogP contribution >= 0.6 is 11.8 Å². The van der Waals surface area contributed by atoms with Gasteiger partial charge in [0.1, 0.15) is 0 Å². The summed E-state index contributed by atoms with van der Waals surface area (Å²) >= 11 is 1.88. The Hall–Kier alpha value is -0.180. The van der Waals surface area contributed by atoms with Crippen molar-refractivity contribution in [1.82, 2.24) is 5.32 Å². The molecule has 0 aromatic heterocycles. The van der Waals surface area contributed by atoms with Crippen LogP contribution in [0, 0.1) is 10.8 Å². The summed E-state index contributed by atoms with van der Waals surface area (Å²) in [5, 5.41) is 4.67. The molecular weight excluding hydrogens is 204 g/mol. The lowest BCUT2D eigenvalue weighted by atomic mass is 10.0. The van der Waals surface area contributed by atoms with Gasteiger partial charge in [0.2, 0.25) is 0 Å². The first-order valence-electron chi connectivity index (χ1n) is 5.86. The summed E-state index contributed by atoms with van der Waals surface area (Å²) in [5.74, 6) is 1.18. The molecule has 1 heterocycles. The van der Waals surface area contributed by atoms with Crippen LogP contribution in [0.2, 0.25) is 0 Å². The van der Waals surface area contributed by atoms with E-state index in [0.29, 0.717) is 22.9 Å². The fourth-order valence-corrected chi connectivity index (χ4v) is 3.44. The van der Waals surface area contributed by atoms with E-state index >= 15 is 0 Å². The van der Waals surface area contributed by atoms with Crippen LogP contribution in [0.25, 0.3) is 0 Å². The number of nitrogens with one attached hydrogen (secondary N) is 1. The van der Waals surface area contributed by atoms with Crippen LogP contribution in [0.3, 0.4) is 0 Å². The van der Waals surface area contributed by atoms with Crippen molar-refractivity contribution in [3.05, 3.63) is 0 Å². The Morgan fingerprint density at radius 3 is 2.33 bits per heavy atom. The molecule has 2 aliphatic rings. The topological polar surface area (TPSA) is 24.4 Å². The fourth-order valence-electron chi connectivity index (χ4n) is 2.33. The van der Waals surface area contributed by atoms with Crippen LogP contribution in [0.15, 0.2) is 4.99 Å². The summed E-state index contributed by atoms with van der Waals surface area (Å²) in [6.45, 7) is 11.5. The average molecular weight is 226 g/mol. The molecule has 2 fully saturated rings. The van der Waals surface area contributed by atoms with Crippen LogP contribution in [0.5, 0.6) is 0 Å². The summed E-state index contributed by atoms with van der Waals surface area (Å²) in [4.78, 5) is 4.86. The predicted molar refractivity (Wildman–Crippen MR) is 68.5 cm³/mol. The van der Waals surface area contributed by atoms with Gasteiger partial charge in [0.25, 0.3) is 0 Å². The van der Waals surface area contributed by atoms with Crippen molar-refractivity contribution in [2.24, 2.45) is 15.8 Å². The first-order valence-corrected chi connectivity index (χ1v) is 6.85. The summed E-state index contributed by atoms with van der Waals surface area (Å²) < 4.78 is 0. The Kier molecular flexibility index (Phi) is 2.57. The summed E-state index contributed by atoms with van der Waals surface area (Å²) in [6.07, 6.45) is 1.20. The Balaban J connectivity index is 2.02. The molecule has 2 rings (SSSR count). The van der Waals surface area contributed by atoms with Crippen molar-refractivity contribution in [1.29, 1.82) is 0 Å². The Morgan fingerprint density at radius 1 is 1.33 bits per heavy atom. The van der Waals surface area contributed by atoms with Gasteiger partial charge < -0.3 is 5.32 Å². The zero-order chi connectivity index (χ0) is 11.3. The molecule has 0 bridgehead atoms. The molecule has 1 unspecified atom stereocenters. The highest BCUT2D eigenvalue weighted by atomic mass is 32.2. The van der Waals surface area contributed by atoms with E-state index in [1.54, 1.807) is 0 Å². The number of thioether (sulfide) groups is 1. The van der Waals surface area contributed by atoms with Gasteiger partial charge in [-0.15, -0.1) is 0 Å². The van der Waals surface area contributed by atoms with Crippen molar-refractivity contribution in [3.63, 3.8) is 0 Å². The van der Waals surface area contributed by atoms with Crippen molar-refractivity contribution in [2.45, 2.75) is 53.1 Å². The molecule has 1 aliphatic heterocycles. The standard InChI is InChI=1S/C12H22N2S/c1-6-8-7-15-10(13-8)14-9-11(2,3)12(9,4)5/h8-9H,6-7H2,1-5H3,(H,13,14). The van der Waals surface area contributed by atoms with E-state index in [1.165, 1.54) is 17.3 Å². The summed E-state index contributed by atoms with van der Waals surface area (Å²) in [6, 6.07) is 1.13. The smallest absolute Gasteiger partial charge is 0.157 e. The fraction of sp³-hybridized carbons (Fsp3) is 0.917. The SMILES string of the molecule is CCC1CSC(=NC2C(C)(C)C2(C)C)N1. The van der Waals surface area contributed by atoms with Gasteiger partial charge in [-0.1, -0.05) is 46.4 Å². The molecule has 2 nitrogen and oxygen atoms in total. The average Bonchev–Trinajstić information content (AvgIpc) is 2.60. The minimum Gasteiger partial charge on any atom is -0.361 e. The van der Waals surface area contributed by atoms with E-state index in [-0.39, 0.29) is 0 Å². The van der Waals surface area contributed by atoms with Crippen LogP contribution in [-0.4, -0.2) is 23.0 Å². The molecule has 1 aliphatic carbocycles. The van der Waals surface area contributed by atoms with Crippen molar-refractivity contribution in [3.8, 4) is 0 Å². The van der Waals surface area contributed by atoms with E-state index in [4.69, 9.17) is 4.99 Å². The molecule has 0 spiro atoms. The van der Waals surface area contributed by atoms with Gasteiger partial charge in [-0.25, -0.2) is 0 Å². The summed E-state index contributed by atoms with van der Waals surface area (Å²) in [7, 11) is 0. The molecule has 15 heavy (non-hydrogen) atoms. The Bertz CT molecular complexity index is 280. The Morgan fingerprint density at radius 2 is 1.93 bits per heavy atom. The second-order valence-corrected chi connectivity index (χ2v) is 6.85. The first-order chi connectivity index (χ1) is 6.89. The van der Waals surface area contributed by atoms with Gasteiger partial charge in [-0.2, -0.15) is 0 Å². The van der Waals surface area contributed by atoms with Crippen molar-refractivity contribution < 1.29 is 0 Å². The Labute approximate surface area is 97.3 Å². The molecule has 0 aromatic rings. The number of amidine groups is 1. The number of aliphatic imine (C=N–C) groups is 1. The molecule has 86 valence electrons. The maximum atomic E-state index is 4.86. The summed E-state index contributed by atoms with van der Waals surface area (Å²) in [5.41, 5.74) is 0.735. The maximum Gasteiger partial charge on any atom is 0.157 e.